The highest BCUT2D eigenvalue weighted by Gasteiger charge is 2.14. The van der Waals surface area contributed by atoms with Crippen LogP contribution in [0.25, 0.3) is 0 Å². The molecule has 0 unspecified atom stereocenters. The van der Waals surface area contributed by atoms with Crippen molar-refractivity contribution in [3.05, 3.63) is 60.2 Å². The third-order valence-electron chi connectivity index (χ3n) is 3.29. The molecule has 130 valence electrons. The molecule has 0 aromatic heterocycles. The predicted molar refractivity (Wildman–Crippen MR) is 97.3 cm³/mol. The van der Waals surface area contributed by atoms with E-state index in [1.165, 1.54) is 0 Å². The Bertz CT molecular complexity index is 564. The Balaban J connectivity index is 2.03. The fourth-order valence-electron chi connectivity index (χ4n) is 2.12. The molecule has 0 aliphatic carbocycles. The zero-order valence-corrected chi connectivity index (χ0v) is 15.1. The molecule has 0 heterocycles. The molecule has 2 aromatic carbocycles. The van der Waals surface area contributed by atoms with Crippen molar-refractivity contribution in [1.29, 1.82) is 0 Å². The summed E-state index contributed by atoms with van der Waals surface area (Å²) in [6.45, 7) is 9.88. The van der Waals surface area contributed by atoms with Crippen LogP contribution in [0.5, 0.6) is 11.5 Å². The first kappa shape index (κ1) is 18.5. The molecule has 0 N–H and O–H groups in total. The van der Waals surface area contributed by atoms with Gasteiger partial charge in [0.1, 0.15) is 11.5 Å². The first-order valence-electron chi connectivity index (χ1n) is 8.60. The molecular weight excluding hydrogens is 300 g/mol. The largest absolute Gasteiger partial charge is 0.457 e. The van der Waals surface area contributed by atoms with Crippen LogP contribution in [-0.2, 0) is 9.47 Å². The summed E-state index contributed by atoms with van der Waals surface area (Å²) in [6, 6.07) is 17.7. The van der Waals surface area contributed by atoms with Gasteiger partial charge in [0.25, 0.3) is 0 Å². The maximum absolute atomic E-state index is 5.94. The number of hydrogen-bond donors (Lipinski definition) is 0. The quantitative estimate of drug-likeness (QED) is 0.543. The molecule has 0 bridgehead atoms. The zero-order valence-electron chi connectivity index (χ0n) is 15.1. The molecule has 0 saturated heterocycles. The number of para-hydroxylation sites is 1. The van der Waals surface area contributed by atoms with Crippen LogP contribution in [0.2, 0.25) is 0 Å². The lowest BCUT2D eigenvalue weighted by Gasteiger charge is -2.21. The minimum absolute atomic E-state index is 0.333. The summed E-state index contributed by atoms with van der Waals surface area (Å²) in [6.07, 6.45) is -0.333. The van der Waals surface area contributed by atoms with Gasteiger partial charge < -0.3 is 14.2 Å². The van der Waals surface area contributed by atoms with E-state index in [-0.39, 0.29) is 6.29 Å². The number of hydrogen-bond acceptors (Lipinski definition) is 3. The van der Waals surface area contributed by atoms with E-state index in [0.29, 0.717) is 25.0 Å². The third-order valence-corrected chi connectivity index (χ3v) is 3.29. The van der Waals surface area contributed by atoms with Crippen molar-refractivity contribution < 1.29 is 14.2 Å². The minimum atomic E-state index is -0.333. The lowest BCUT2D eigenvalue weighted by atomic mass is 10.2. The second kappa shape index (κ2) is 9.45. The smallest absolute Gasteiger partial charge is 0.183 e. The molecule has 2 aromatic rings. The van der Waals surface area contributed by atoms with Gasteiger partial charge in [0.2, 0.25) is 0 Å². The standard InChI is InChI=1S/C21H28O3/c1-16(2)14-22-21(23-15-17(3)4)18-10-12-20(13-11-18)24-19-8-6-5-7-9-19/h5-13,16-17,21H,14-15H2,1-4H3. The molecule has 0 amide bonds. The Morgan fingerprint density at radius 1 is 0.667 bits per heavy atom. The van der Waals surface area contributed by atoms with E-state index in [4.69, 9.17) is 14.2 Å². The normalized spacial score (nSPS) is 11.5. The first-order chi connectivity index (χ1) is 11.5. The van der Waals surface area contributed by atoms with Crippen LogP contribution < -0.4 is 4.74 Å². The average Bonchev–Trinajstić information content (AvgIpc) is 2.56. The van der Waals surface area contributed by atoms with Gasteiger partial charge in [-0.3, -0.25) is 0 Å². The Labute approximate surface area is 145 Å². The minimum Gasteiger partial charge on any atom is -0.457 e. The summed E-state index contributed by atoms with van der Waals surface area (Å²) in [5.41, 5.74) is 1.01. The summed E-state index contributed by atoms with van der Waals surface area (Å²) in [7, 11) is 0. The second-order valence-corrected chi connectivity index (χ2v) is 6.77. The van der Waals surface area contributed by atoms with Gasteiger partial charge >= 0.3 is 0 Å². The molecule has 0 spiro atoms. The van der Waals surface area contributed by atoms with Crippen molar-refractivity contribution in [2.75, 3.05) is 13.2 Å². The van der Waals surface area contributed by atoms with Crippen molar-refractivity contribution in [2.45, 2.75) is 34.0 Å². The van der Waals surface area contributed by atoms with Crippen molar-refractivity contribution >= 4 is 0 Å². The van der Waals surface area contributed by atoms with Crippen molar-refractivity contribution in [3.63, 3.8) is 0 Å². The highest BCUT2D eigenvalue weighted by atomic mass is 16.7. The molecular formula is C21H28O3. The van der Waals surface area contributed by atoms with Crippen LogP contribution in [0.1, 0.15) is 39.5 Å². The first-order valence-corrected chi connectivity index (χ1v) is 8.60. The fraction of sp³-hybridized carbons (Fsp3) is 0.429. The van der Waals surface area contributed by atoms with Gasteiger partial charge in [-0.05, 0) is 36.1 Å². The Hall–Kier alpha value is -1.84. The number of ether oxygens (including phenoxy) is 3. The van der Waals surface area contributed by atoms with Gasteiger partial charge in [0, 0.05) is 5.56 Å². The van der Waals surface area contributed by atoms with Gasteiger partial charge in [-0.25, -0.2) is 0 Å². The van der Waals surface area contributed by atoms with E-state index in [0.717, 1.165) is 17.1 Å². The highest BCUT2D eigenvalue weighted by Crippen LogP contribution is 2.26. The third kappa shape index (κ3) is 6.34. The molecule has 0 radical (unpaired) electrons. The van der Waals surface area contributed by atoms with Crippen molar-refractivity contribution in [2.24, 2.45) is 11.8 Å². The predicted octanol–water partition coefficient (Wildman–Crippen LogP) is 5.82. The van der Waals surface area contributed by atoms with Gasteiger partial charge in [-0.1, -0.05) is 58.0 Å². The van der Waals surface area contributed by atoms with Crippen LogP contribution in [0, 0.1) is 11.8 Å². The molecule has 0 aliphatic rings. The molecule has 0 atom stereocenters. The monoisotopic (exact) mass is 328 g/mol. The Morgan fingerprint density at radius 3 is 1.67 bits per heavy atom. The lowest BCUT2D eigenvalue weighted by molar-refractivity contribution is -0.158. The fourth-order valence-corrected chi connectivity index (χ4v) is 2.12. The van der Waals surface area contributed by atoms with Crippen LogP contribution in [0.15, 0.2) is 54.6 Å². The van der Waals surface area contributed by atoms with Gasteiger partial charge in [-0.15, -0.1) is 0 Å². The highest BCUT2D eigenvalue weighted by molar-refractivity contribution is 5.33. The molecule has 0 fully saturated rings. The molecule has 0 saturated carbocycles. The van der Waals surface area contributed by atoms with Crippen molar-refractivity contribution in [3.8, 4) is 11.5 Å². The van der Waals surface area contributed by atoms with Crippen LogP contribution >= 0.6 is 0 Å². The van der Waals surface area contributed by atoms with E-state index in [9.17, 15) is 0 Å². The molecule has 24 heavy (non-hydrogen) atoms. The summed E-state index contributed by atoms with van der Waals surface area (Å²) in [5.74, 6) is 2.57. The van der Waals surface area contributed by atoms with E-state index in [2.05, 4.69) is 27.7 Å². The zero-order chi connectivity index (χ0) is 17.4. The van der Waals surface area contributed by atoms with Crippen LogP contribution in [0.3, 0.4) is 0 Å². The van der Waals surface area contributed by atoms with E-state index < -0.39 is 0 Å². The summed E-state index contributed by atoms with van der Waals surface area (Å²) in [4.78, 5) is 0. The maximum atomic E-state index is 5.94. The second-order valence-electron chi connectivity index (χ2n) is 6.77. The van der Waals surface area contributed by atoms with E-state index in [1.54, 1.807) is 0 Å². The Morgan fingerprint density at radius 2 is 1.17 bits per heavy atom. The molecule has 0 aliphatic heterocycles. The molecule has 3 heteroatoms. The van der Waals surface area contributed by atoms with E-state index >= 15 is 0 Å². The maximum Gasteiger partial charge on any atom is 0.183 e. The summed E-state index contributed by atoms with van der Waals surface area (Å²) >= 11 is 0. The van der Waals surface area contributed by atoms with Crippen molar-refractivity contribution in [1.82, 2.24) is 0 Å². The lowest BCUT2D eigenvalue weighted by Crippen LogP contribution is -2.15. The van der Waals surface area contributed by atoms with Crippen LogP contribution in [-0.4, -0.2) is 13.2 Å². The number of benzene rings is 2. The number of rotatable bonds is 9. The summed E-state index contributed by atoms with van der Waals surface area (Å²) in [5, 5.41) is 0. The van der Waals surface area contributed by atoms with Gasteiger partial charge in [-0.2, -0.15) is 0 Å². The SMILES string of the molecule is CC(C)COC(OCC(C)C)c1ccc(Oc2ccccc2)cc1. The molecule has 2 rings (SSSR count). The van der Waals surface area contributed by atoms with E-state index in [1.807, 2.05) is 54.6 Å². The topological polar surface area (TPSA) is 27.7 Å². The van der Waals surface area contributed by atoms with Gasteiger partial charge in [0.15, 0.2) is 6.29 Å². The van der Waals surface area contributed by atoms with Crippen LogP contribution in [0.4, 0.5) is 0 Å². The average molecular weight is 328 g/mol. The molecule has 3 nitrogen and oxygen atoms in total. The summed E-state index contributed by atoms with van der Waals surface area (Å²) < 4.78 is 17.7. The Kier molecular flexibility index (Phi) is 7.29. The van der Waals surface area contributed by atoms with Gasteiger partial charge in [0.05, 0.1) is 13.2 Å².